The summed E-state index contributed by atoms with van der Waals surface area (Å²) in [4.78, 5) is 3.59. The van der Waals surface area contributed by atoms with Gasteiger partial charge in [-0.05, 0) is 59.0 Å². The Labute approximate surface area is 198 Å². The number of H-pyrrole nitrogens is 1. The summed E-state index contributed by atoms with van der Waals surface area (Å²) in [7, 11) is 0. The van der Waals surface area contributed by atoms with E-state index in [0.717, 1.165) is 16.6 Å². The number of terminal acetylenes is 1. The molecule has 162 valence electrons. The van der Waals surface area contributed by atoms with Gasteiger partial charge in [-0.1, -0.05) is 84.8 Å². The molecule has 6 rings (SSSR count). The van der Waals surface area contributed by atoms with E-state index < -0.39 is 5.41 Å². The lowest BCUT2D eigenvalue weighted by Crippen LogP contribution is -2.26. The molecule has 5 aromatic rings. The van der Waals surface area contributed by atoms with E-state index >= 15 is 0 Å². The third kappa shape index (κ3) is 2.84. The summed E-state index contributed by atoms with van der Waals surface area (Å²) in [6.45, 7) is 0. The van der Waals surface area contributed by atoms with Gasteiger partial charge >= 0.3 is 0 Å². The lowest BCUT2D eigenvalue weighted by atomic mass is 9.69. The minimum absolute atomic E-state index is 0.303. The maximum atomic E-state index is 11.1. The van der Waals surface area contributed by atoms with Crippen LogP contribution in [0.5, 0.6) is 5.75 Å². The minimum atomic E-state index is -0.523. The topological polar surface area (TPSA) is 36.0 Å². The van der Waals surface area contributed by atoms with Crippen LogP contribution in [0.15, 0.2) is 109 Å². The highest BCUT2D eigenvalue weighted by Crippen LogP contribution is 2.57. The molecular formula is C32H23NO. The largest absolute Gasteiger partial charge is 0.508 e. The van der Waals surface area contributed by atoms with Crippen LogP contribution in [0, 0.1) is 12.3 Å². The molecular weight excluding hydrogens is 414 g/mol. The van der Waals surface area contributed by atoms with Crippen LogP contribution in [0.25, 0.3) is 32.9 Å². The lowest BCUT2D eigenvalue weighted by molar-refractivity contribution is 0.454. The summed E-state index contributed by atoms with van der Waals surface area (Å²) in [6.07, 6.45) is 13.8. The van der Waals surface area contributed by atoms with Gasteiger partial charge in [0.15, 0.2) is 0 Å². The second-order valence-electron chi connectivity index (χ2n) is 8.74. The van der Waals surface area contributed by atoms with Gasteiger partial charge in [-0.15, -0.1) is 6.42 Å². The van der Waals surface area contributed by atoms with E-state index in [1.165, 1.54) is 33.0 Å². The second kappa shape index (κ2) is 7.83. The summed E-state index contributed by atoms with van der Waals surface area (Å²) in [5, 5.41) is 13.5. The molecule has 1 atom stereocenters. The number of nitrogens with one attached hydrogen (secondary N) is 1. The van der Waals surface area contributed by atoms with E-state index in [4.69, 9.17) is 6.42 Å². The number of hydrogen-bond donors (Lipinski definition) is 2. The van der Waals surface area contributed by atoms with Crippen LogP contribution in [0.2, 0.25) is 0 Å². The highest BCUT2D eigenvalue weighted by molar-refractivity contribution is 6.09. The van der Waals surface area contributed by atoms with Crippen LogP contribution in [-0.2, 0) is 5.41 Å². The molecule has 1 aliphatic carbocycles. The number of fused-ring (bicyclic) bond motifs is 6. The molecule has 1 unspecified atom stereocenters. The number of benzene rings is 4. The average Bonchev–Trinajstić information content (AvgIpc) is 3.36. The van der Waals surface area contributed by atoms with Gasteiger partial charge < -0.3 is 10.1 Å². The van der Waals surface area contributed by atoms with Gasteiger partial charge in [-0.3, -0.25) is 0 Å². The molecule has 0 fully saturated rings. The molecule has 2 heteroatoms. The first-order chi connectivity index (χ1) is 16.7. The zero-order valence-corrected chi connectivity index (χ0v) is 18.6. The number of aromatic amines is 1. The molecule has 0 radical (unpaired) electrons. The third-order valence-electron chi connectivity index (χ3n) is 7.01. The first-order valence-corrected chi connectivity index (χ1v) is 11.4. The molecule has 2 N–H and O–H groups in total. The minimum Gasteiger partial charge on any atom is -0.508 e. The Hall–Kier alpha value is -4.48. The highest BCUT2D eigenvalue weighted by atomic mass is 16.3. The third-order valence-corrected chi connectivity index (χ3v) is 7.01. The highest BCUT2D eigenvalue weighted by Gasteiger charge is 2.45. The summed E-state index contributed by atoms with van der Waals surface area (Å²) in [5.74, 6) is 2.84. The number of phenols is 1. The quantitative estimate of drug-likeness (QED) is 0.222. The van der Waals surface area contributed by atoms with Crippen molar-refractivity contribution in [2.45, 2.75) is 11.8 Å². The van der Waals surface area contributed by atoms with Crippen LogP contribution in [0.4, 0.5) is 0 Å². The SMILES string of the molecule is C#C/C=C\C=C/CC1(c2ccccc2O)c2ccccc2-c2cc3[nH]c4ccccc4c3cc21. The Balaban J connectivity index is 1.71. The van der Waals surface area contributed by atoms with Crippen molar-refractivity contribution in [2.75, 3.05) is 0 Å². The van der Waals surface area contributed by atoms with Crippen molar-refractivity contribution in [3.05, 3.63) is 126 Å². The van der Waals surface area contributed by atoms with Crippen molar-refractivity contribution in [3.8, 4) is 29.2 Å². The van der Waals surface area contributed by atoms with Crippen LogP contribution >= 0.6 is 0 Å². The summed E-state index contributed by atoms with van der Waals surface area (Å²) in [6, 6.07) is 29.3. The first kappa shape index (κ1) is 20.1. The maximum Gasteiger partial charge on any atom is 0.120 e. The molecule has 4 aromatic carbocycles. The molecule has 1 heterocycles. The van der Waals surface area contributed by atoms with Crippen LogP contribution in [0.1, 0.15) is 23.1 Å². The van der Waals surface area contributed by atoms with Crippen LogP contribution < -0.4 is 0 Å². The van der Waals surface area contributed by atoms with Gasteiger partial charge in [-0.25, -0.2) is 0 Å². The Kier molecular flexibility index (Phi) is 4.64. The van der Waals surface area contributed by atoms with Gasteiger partial charge in [0.05, 0.1) is 5.41 Å². The summed E-state index contributed by atoms with van der Waals surface area (Å²) in [5.41, 5.74) is 7.44. The number of aromatic hydroxyl groups is 1. The molecule has 0 bridgehead atoms. The van der Waals surface area contributed by atoms with Crippen molar-refractivity contribution < 1.29 is 5.11 Å². The van der Waals surface area contributed by atoms with Crippen molar-refractivity contribution in [1.29, 1.82) is 0 Å². The van der Waals surface area contributed by atoms with E-state index in [-0.39, 0.29) is 0 Å². The Morgan fingerprint density at radius 2 is 1.53 bits per heavy atom. The molecule has 0 saturated carbocycles. The van der Waals surface area contributed by atoms with E-state index in [0.29, 0.717) is 12.2 Å². The van der Waals surface area contributed by atoms with Crippen LogP contribution in [-0.4, -0.2) is 10.1 Å². The summed E-state index contributed by atoms with van der Waals surface area (Å²) >= 11 is 0. The molecule has 0 amide bonds. The normalized spacial score (nSPS) is 16.9. The number of rotatable bonds is 4. The molecule has 0 saturated heterocycles. The van der Waals surface area contributed by atoms with E-state index in [1.807, 2.05) is 30.4 Å². The van der Waals surface area contributed by atoms with Crippen molar-refractivity contribution in [1.82, 2.24) is 4.98 Å². The lowest BCUT2D eigenvalue weighted by Gasteiger charge is -2.32. The van der Waals surface area contributed by atoms with Gasteiger partial charge in [0.2, 0.25) is 0 Å². The summed E-state index contributed by atoms with van der Waals surface area (Å²) < 4.78 is 0. The zero-order chi connectivity index (χ0) is 23.1. The molecule has 1 aliphatic rings. The molecule has 2 nitrogen and oxygen atoms in total. The monoisotopic (exact) mass is 437 g/mol. The fourth-order valence-electron chi connectivity index (χ4n) is 5.60. The van der Waals surface area contributed by atoms with E-state index in [9.17, 15) is 5.11 Å². The van der Waals surface area contributed by atoms with E-state index in [1.54, 1.807) is 12.1 Å². The standard InChI is InChI=1S/C32H23NO/c1-2-3-4-5-12-19-32(27-16-9-11-18-31(27)34)26-15-8-6-13-22(26)24-21-30-25(20-28(24)32)23-14-7-10-17-29(23)33-30/h1,3-18,20-21,33-34H,19H2/b4-3-,12-5-. The predicted octanol–water partition coefficient (Wildman–Crippen LogP) is 7.48. The molecule has 0 spiro atoms. The average molecular weight is 438 g/mol. The van der Waals surface area contributed by atoms with Gasteiger partial charge in [-0.2, -0.15) is 0 Å². The fraction of sp³-hybridized carbons (Fsp3) is 0.0625. The number of hydrogen-bond acceptors (Lipinski definition) is 1. The van der Waals surface area contributed by atoms with Crippen molar-refractivity contribution in [3.63, 3.8) is 0 Å². The predicted molar refractivity (Wildman–Crippen MR) is 141 cm³/mol. The van der Waals surface area contributed by atoms with Gasteiger partial charge in [0.25, 0.3) is 0 Å². The molecule has 1 aromatic heterocycles. The number of aromatic nitrogens is 1. The first-order valence-electron chi connectivity index (χ1n) is 11.4. The van der Waals surface area contributed by atoms with Crippen molar-refractivity contribution >= 4 is 21.8 Å². The van der Waals surface area contributed by atoms with E-state index in [2.05, 4.69) is 77.6 Å². The smallest absolute Gasteiger partial charge is 0.120 e. The zero-order valence-electron chi connectivity index (χ0n) is 18.6. The Morgan fingerprint density at radius 3 is 2.38 bits per heavy atom. The fourth-order valence-corrected chi connectivity index (χ4v) is 5.60. The van der Waals surface area contributed by atoms with Crippen LogP contribution in [0.3, 0.4) is 0 Å². The Bertz CT molecular complexity index is 1660. The molecule has 0 aliphatic heterocycles. The number of phenolic OH excluding ortho intramolecular Hbond substituents is 1. The Morgan fingerprint density at radius 1 is 0.765 bits per heavy atom. The van der Waals surface area contributed by atoms with Gasteiger partial charge in [0.1, 0.15) is 5.75 Å². The van der Waals surface area contributed by atoms with Gasteiger partial charge in [0, 0.05) is 27.4 Å². The molecule has 34 heavy (non-hydrogen) atoms. The van der Waals surface area contributed by atoms with Crippen molar-refractivity contribution in [2.24, 2.45) is 0 Å². The number of allylic oxidation sites excluding steroid dienone is 4. The number of para-hydroxylation sites is 2. The maximum absolute atomic E-state index is 11.1. The second-order valence-corrected chi connectivity index (χ2v) is 8.74.